The van der Waals surface area contributed by atoms with Gasteiger partial charge < -0.3 is 9.84 Å². The van der Waals surface area contributed by atoms with Crippen LogP contribution in [0.4, 0.5) is 0 Å². The molecule has 1 saturated heterocycles. The lowest BCUT2D eigenvalue weighted by Gasteiger charge is -2.22. The van der Waals surface area contributed by atoms with Crippen LogP contribution in [0.15, 0.2) is 12.4 Å². The van der Waals surface area contributed by atoms with Crippen LogP contribution < -0.4 is 0 Å². The molecule has 1 aromatic heterocycles. The van der Waals surface area contributed by atoms with Gasteiger partial charge in [-0.1, -0.05) is 0 Å². The van der Waals surface area contributed by atoms with Crippen molar-refractivity contribution in [2.45, 2.75) is 44.8 Å². The lowest BCUT2D eigenvalue weighted by atomic mass is 10.1. The van der Waals surface area contributed by atoms with Crippen molar-refractivity contribution in [2.24, 2.45) is 0 Å². The second kappa shape index (κ2) is 5.82. The Labute approximate surface area is 100 Å². The molecular weight excluding hydrogens is 220 g/mol. The molecule has 1 aliphatic rings. The molecule has 0 bridgehead atoms. The van der Waals surface area contributed by atoms with Crippen molar-refractivity contribution in [3.05, 3.63) is 18.0 Å². The molecule has 1 N–H and O–H groups in total. The first-order valence-corrected chi connectivity index (χ1v) is 6.09. The van der Waals surface area contributed by atoms with E-state index in [9.17, 15) is 4.79 Å². The van der Waals surface area contributed by atoms with Gasteiger partial charge in [-0.05, 0) is 31.2 Å². The highest BCUT2D eigenvalue weighted by molar-refractivity contribution is 5.67. The SMILES string of the molecule is O=C(O)CCc1cnn(CC2CCCCO2)c1. The van der Waals surface area contributed by atoms with E-state index in [4.69, 9.17) is 9.84 Å². The normalized spacial score (nSPS) is 20.4. The zero-order chi connectivity index (χ0) is 12.1. The minimum atomic E-state index is -0.770. The smallest absolute Gasteiger partial charge is 0.303 e. The van der Waals surface area contributed by atoms with Crippen molar-refractivity contribution in [1.29, 1.82) is 0 Å². The van der Waals surface area contributed by atoms with Gasteiger partial charge in [0, 0.05) is 19.2 Å². The highest BCUT2D eigenvalue weighted by atomic mass is 16.5. The molecule has 0 saturated carbocycles. The second-order valence-electron chi connectivity index (χ2n) is 4.45. The maximum absolute atomic E-state index is 10.4. The number of hydrogen-bond acceptors (Lipinski definition) is 3. The van der Waals surface area contributed by atoms with Crippen LogP contribution in [0.25, 0.3) is 0 Å². The van der Waals surface area contributed by atoms with E-state index in [2.05, 4.69) is 5.10 Å². The fourth-order valence-electron chi connectivity index (χ4n) is 2.05. The molecule has 1 unspecified atom stereocenters. The number of ether oxygens (including phenoxy) is 1. The summed E-state index contributed by atoms with van der Waals surface area (Å²) < 4.78 is 7.49. The largest absolute Gasteiger partial charge is 0.481 e. The first kappa shape index (κ1) is 12.1. The molecule has 0 aromatic carbocycles. The summed E-state index contributed by atoms with van der Waals surface area (Å²) in [7, 11) is 0. The minimum absolute atomic E-state index is 0.158. The summed E-state index contributed by atoms with van der Waals surface area (Å²) in [5, 5.41) is 12.8. The summed E-state index contributed by atoms with van der Waals surface area (Å²) >= 11 is 0. The third kappa shape index (κ3) is 3.85. The first-order chi connectivity index (χ1) is 8.24. The Kier molecular flexibility index (Phi) is 4.14. The van der Waals surface area contributed by atoms with E-state index < -0.39 is 5.97 Å². The third-order valence-electron chi connectivity index (χ3n) is 2.98. The predicted octanol–water partition coefficient (Wildman–Crippen LogP) is 1.47. The molecule has 2 heterocycles. The van der Waals surface area contributed by atoms with Gasteiger partial charge in [0.05, 0.1) is 18.8 Å². The van der Waals surface area contributed by atoms with Gasteiger partial charge in [0.2, 0.25) is 0 Å². The van der Waals surface area contributed by atoms with Gasteiger partial charge >= 0.3 is 5.97 Å². The Balaban J connectivity index is 1.82. The number of carbonyl (C=O) groups is 1. The van der Waals surface area contributed by atoms with Crippen LogP contribution in [-0.4, -0.2) is 33.6 Å². The number of aliphatic carboxylic acids is 1. The maximum Gasteiger partial charge on any atom is 0.303 e. The number of nitrogens with zero attached hydrogens (tertiary/aromatic N) is 2. The van der Waals surface area contributed by atoms with Crippen LogP contribution in [0.2, 0.25) is 0 Å². The molecule has 1 fully saturated rings. The standard InChI is InChI=1S/C12H18N2O3/c15-12(16)5-4-10-7-13-14(8-10)9-11-3-1-2-6-17-11/h7-8,11H,1-6,9H2,(H,15,16). The van der Waals surface area contributed by atoms with Crippen LogP contribution in [0.3, 0.4) is 0 Å². The summed E-state index contributed by atoms with van der Waals surface area (Å²) in [5.41, 5.74) is 0.975. The zero-order valence-corrected chi connectivity index (χ0v) is 9.84. The average molecular weight is 238 g/mol. The van der Waals surface area contributed by atoms with Gasteiger partial charge in [-0.15, -0.1) is 0 Å². The van der Waals surface area contributed by atoms with E-state index >= 15 is 0 Å². The van der Waals surface area contributed by atoms with Crippen LogP contribution in [0.1, 0.15) is 31.2 Å². The maximum atomic E-state index is 10.4. The quantitative estimate of drug-likeness (QED) is 0.843. The molecule has 0 radical (unpaired) electrons. The zero-order valence-electron chi connectivity index (χ0n) is 9.84. The summed E-state index contributed by atoms with van der Waals surface area (Å²) in [6.07, 6.45) is 8.08. The molecule has 2 rings (SSSR count). The van der Waals surface area contributed by atoms with Crippen molar-refractivity contribution in [3.63, 3.8) is 0 Å². The van der Waals surface area contributed by atoms with E-state index in [1.807, 2.05) is 10.9 Å². The summed E-state index contributed by atoms with van der Waals surface area (Å²) in [6.45, 7) is 1.62. The number of aromatic nitrogens is 2. The Morgan fingerprint density at radius 1 is 1.59 bits per heavy atom. The van der Waals surface area contributed by atoms with E-state index in [1.54, 1.807) is 6.20 Å². The monoisotopic (exact) mass is 238 g/mol. The Hall–Kier alpha value is -1.36. The summed E-state index contributed by atoms with van der Waals surface area (Å²) in [6, 6.07) is 0. The first-order valence-electron chi connectivity index (χ1n) is 6.09. The van der Waals surface area contributed by atoms with E-state index in [0.717, 1.165) is 31.6 Å². The number of rotatable bonds is 5. The van der Waals surface area contributed by atoms with Crippen LogP contribution >= 0.6 is 0 Å². The number of carboxylic acids is 1. The molecular formula is C12H18N2O3. The summed E-state index contributed by atoms with van der Waals surface area (Å²) in [4.78, 5) is 10.4. The van der Waals surface area contributed by atoms with Crippen molar-refractivity contribution in [3.8, 4) is 0 Å². The lowest BCUT2D eigenvalue weighted by molar-refractivity contribution is -0.136. The highest BCUT2D eigenvalue weighted by Crippen LogP contribution is 2.14. The molecule has 5 nitrogen and oxygen atoms in total. The molecule has 0 aliphatic carbocycles. The van der Waals surface area contributed by atoms with Gasteiger partial charge in [-0.25, -0.2) is 0 Å². The molecule has 5 heteroatoms. The topological polar surface area (TPSA) is 64.3 Å². The Morgan fingerprint density at radius 3 is 3.18 bits per heavy atom. The number of aryl methyl sites for hydroxylation is 1. The Morgan fingerprint density at radius 2 is 2.47 bits per heavy atom. The molecule has 17 heavy (non-hydrogen) atoms. The van der Waals surface area contributed by atoms with Gasteiger partial charge in [0.1, 0.15) is 0 Å². The van der Waals surface area contributed by atoms with E-state index in [0.29, 0.717) is 6.42 Å². The average Bonchev–Trinajstić information content (AvgIpc) is 2.75. The van der Waals surface area contributed by atoms with Crippen LogP contribution in [0, 0.1) is 0 Å². The fraction of sp³-hybridized carbons (Fsp3) is 0.667. The second-order valence-corrected chi connectivity index (χ2v) is 4.45. The third-order valence-corrected chi connectivity index (χ3v) is 2.98. The minimum Gasteiger partial charge on any atom is -0.481 e. The van der Waals surface area contributed by atoms with Crippen molar-refractivity contribution >= 4 is 5.97 Å². The predicted molar refractivity (Wildman–Crippen MR) is 61.8 cm³/mol. The fourth-order valence-corrected chi connectivity index (χ4v) is 2.05. The molecule has 0 amide bonds. The van der Waals surface area contributed by atoms with Crippen molar-refractivity contribution < 1.29 is 14.6 Å². The molecule has 0 spiro atoms. The summed E-state index contributed by atoms with van der Waals surface area (Å²) in [5.74, 6) is -0.770. The van der Waals surface area contributed by atoms with Crippen LogP contribution in [-0.2, 0) is 22.5 Å². The van der Waals surface area contributed by atoms with Gasteiger partial charge in [0.15, 0.2) is 0 Å². The molecule has 1 atom stereocenters. The van der Waals surface area contributed by atoms with Gasteiger partial charge in [0.25, 0.3) is 0 Å². The molecule has 1 aromatic rings. The van der Waals surface area contributed by atoms with Crippen molar-refractivity contribution in [1.82, 2.24) is 9.78 Å². The number of carboxylic acid groups (broad SMARTS) is 1. The molecule has 1 aliphatic heterocycles. The Bertz CT molecular complexity index is 370. The van der Waals surface area contributed by atoms with Crippen molar-refractivity contribution in [2.75, 3.05) is 6.61 Å². The van der Waals surface area contributed by atoms with Gasteiger partial charge in [-0.2, -0.15) is 5.10 Å². The van der Waals surface area contributed by atoms with E-state index in [-0.39, 0.29) is 12.5 Å². The number of hydrogen-bond donors (Lipinski definition) is 1. The highest BCUT2D eigenvalue weighted by Gasteiger charge is 2.14. The molecule has 94 valence electrons. The lowest BCUT2D eigenvalue weighted by Crippen LogP contribution is -2.24. The van der Waals surface area contributed by atoms with Crippen LogP contribution in [0.5, 0.6) is 0 Å². The van der Waals surface area contributed by atoms with Gasteiger partial charge in [-0.3, -0.25) is 9.48 Å². The van der Waals surface area contributed by atoms with E-state index in [1.165, 1.54) is 6.42 Å².